The molecule has 1 saturated carbocycles. The van der Waals surface area contributed by atoms with E-state index in [9.17, 15) is 4.79 Å². The molecule has 1 aromatic heterocycles. The summed E-state index contributed by atoms with van der Waals surface area (Å²) in [5.41, 5.74) is 0.713. The van der Waals surface area contributed by atoms with Gasteiger partial charge in [0.2, 0.25) is 0 Å². The van der Waals surface area contributed by atoms with E-state index in [0.29, 0.717) is 34.7 Å². The number of thioether (sulfide) groups is 1. The Morgan fingerprint density at radius 3 is 2.59 bits per heavy atom. The molecule has 0 N–H and O–H groups in total. The highest BCUT2D eigenvalue weighted by atomic mass is 35.5. The normalized spacial score (nSPS) is 13.5. The number of nitrogens with zero attached hydrogens (tertiary/aromatic N) is 3. The van der Waals surface area contributed by atoms with Gasteiger partial charge >= 0.3 is 0 Å². The van der Waals surface area contributed by atoms with Gasteiger partial charge in [-0.25, -0.2) is 0 Å². The third-order valence-corrected chi connectivity index (χ3v) is 5.52. The van der Waals surface area contributed by atoms with Gasteiger partial charge in [0.25, 0.3) is 0 Å². The summed E-state index contributed by atoms with van der Waals surface area (Å²) in [5.74, 6) is 1.80. The average Bonchev–Trinajstić information content (AvgIpc) is 3.46. The maximum atomic E-state index is 12.4. The van der Waals surface area contributed by atoms with Crippen LogP contribution in [0.25, 0.3) is 0 Å². The molecule has 0 unspecified atom stereocenters. The molecule has 138 valence electrons. The Balaban J connectivity index is 1.45. The average molecular weight is 400 g/mol. The smallest absolute Gasteiger partial charge is 0.192 e. The van der Waals surface area contributed by atoms with Crippen LogP contribution in [0.3, 0.4) is 0 Å². The Hall–Kier alpha value is -2.31. The van der Waals surface area contributed by atoms with Crippen molar-refractivity contribution >= 4 is 29.1 Å². The first-order valence-corrected chi connectivity index (χ1v) is 10.1. The quantitative estimate of drug-likeness (QED) is 0.401. The van der Waals surface area contributed by atoms with Gasteiger partial charge in [0, 0.05) is 11.6 Å². The maximum absolute atomic E-state index is 12.4. The van der Waals surface area contributed by atoms with E-state index in [0.717, 1.165) is 23.8 Å². The van der Waals surface area contributed by atoms with Gasteiger partial charge in [0.1, 0.15) is 12.4 Å². The van der Waals surface area contributed by atoms with Crippen LogP contribution >= 0.6 is 23.4 Å². The number of hydrogen-bond donors (Lipinski definition) is 0. The molecule has 1 aliphatic carbocycles. The molecule has 0 amide bonds. The number of para-hydroxylation sites is 1. The number of rotatable bonds is 8. The molecular formula is C20H18ClN3O2S. The second kappa shape index (κ2) is 8.15. The summed E-state index contributed by atoms with van der Waals surface area (Å²) in [4.78, 5) is 12.4. The Bertz CT molecular complexity index is 941. The summed E-state index contributed by atoms with van der Waals surface area (Å²) >= 11 is 7.57. The largest absolute Gasteiger partial charge is 0.484 e. The van der Waals surface area contributed by atoms with Gasteiger partial charge in [-0.05, 0) is 25.0 Å². The first kappa shape index (κ1) is 18.1. The van der Waals surface area contributed by atoms with Crippen LogP contribution in [0.5, 0.6) is 5.75 Å². The van der Waals surface area contributed by atoms with Crippen LogP contribution in [0, 0.1) is 0 Å². The standard InChI is InChI=1S/C20H18ClN3O2S/c21-16-8-4-5-9-18(16)26-12-19-22-23-20(24(19)15-10-11-15)27-13-17(25)14-6-2-1-3-7-14/h1-9,15H,10-13H2. The molecule has 27 heavy (non-hydrogen) atoms. The number of ketones is 1. The summed E-state index contributed by atoms with van der Waals surface area (Å²) in [6.07, 6.45) is 2.19. The summed E-state index contributed by atoms with van der Waals surface area (Å²) in [6, 6.07) is 17.0. The lowest BCUT2D eigenvalue weighted by atomic mass is 10.2. The number of benzene rings is 2. The predicted octanol–water partition coefficient (Wildman–Crippen LogP) is 4.82. The van der Waals surface area contributed by atoms with Crippen molar-refractivity contribution in [3.8, 4) is 5.75 Å². The monoisotopic (exact) mass is 399 g/mol. The van der Waals surface area contributed by atoms with E-state index in [1.54, 1.807) is 6.07 Å². The minimum Gasteiger partial charge on any atom is -0.484 e. The number of hydrogen-bond acceptors (Lipinski definition) is 5. The van der Waals surface area contributed by atoms with Gasteiger partial charge in [0.15, 0.2) is 16.8 Å². The molecule has 0 radical (unpaired) electrons. The molecule has 7 heteroatoms. The molecule has 0 saturated heterocycles. The van der Waals surface area contributed by atoms with Gasteiger partial charge in [-0.15, -0.1) is 10.2 Å². The van der Waals surface area contributed by atoms with Crippen LogP contribution in [0.1, 0.15) is 35.1 Å². The lowest BCUT2D eigenvalue weighted by Crippen LogP contribution is -2.08. The van der Waals surface area contributed by atoms with E-state index >= 15 is 0 Å². The van der Waals surface area contributed by atoms with E-state index < -0.39 is 0 Å². The zero-order valence-electron chi connectivity index (χ0n) is 14.5. The summed E-state index contributed by atoms with van der Waals surface area (Å²) in [7, 11) is 0. The van der Waals surface area contributed by atoms with Crippen molar-refractivity contribution in [3.05, 3.63) is 71.0 Å². The first-order chi connectivity index (χ1) is 13.2. The summed E-state index contributed by atoms with van der Waals surface area (Å²) in [6.45, 7) is 0.292. The molecule has 2 aromatic carbocycles. The lowest BCUT2D eigenvalue weighted by Gasteiger charge is -2.10. The minimum absolute atomic E-state index is 0.0832. The van der Waals surface area contributed by atoms with Crippen molar-refractivity contribution in [2.45, 2.75) is 30.6 Å². The molecule has 0 aliphatic heterocycles. The van der Waals surface area contributed by atoms with E-state index in [4.69, 9.17) is 16.3 Å². The van der Waals surface area contributed by atoms with Crippen LogP contribution in [0.15, 0.2) is 59.8 Å². The fourth-order valence-electron chi connectivity index (χ4n) is 2.75. The van der Waals surface area contributed by atoms with Gasteiger partial charge < -0.3 is 4.74 Å². The van der Waals surface area contributed by atoms with E-state index in [1.807, 2.05) is 48.5 Å². The highest BCUT2D eigenvalue weighted by molar-refractivity contribution is 7.99. The topological polar surface area (TPSA) is 57.0 Å². The number of carbonyl (C=O) groups excluding carboxylic acids is 1. The molecule has 4 rings (SSSR count). The number of carbonyl (C=O) groups is 1. The van der Waals surface area contributed by atoms with Gasteiger partial charge in [-0.1, -0.05) is 65.8 Å². The second-order valence-electron chi connectivity index (χ2n) is 6.30. The SMILES string of the molecule is O=C(CSc1nnc(COc2ccccc2Cl)n1C1CC1)c1ccccc1. The molecular weight excluding hydrogens is 382 g/mol. The molecule has 3 aromatic rings. The highest BCUT2D eigenvalue weighted by Gasteiger charge is 2.30. The fraction of sp³-hybridized carbons (Fsp3) is 0.250. The van der Waals surface area contributed by atoms with Crippen LogP contribution in [-0.4, -0.2) is 26.3 Å². The number of Topliss-reactive ketones (excluding diaryl/α,β-unsaturated/α-hetero) is 1. The van der Waals surface area contributed by atoms with Crippen molar-refractivity contribution in [1.29, 1.82) is 0 Å². The first-order valence-electron chi connectivity index (χ1n) is 8.74. The molecule has 0 spiro atoms. The van der Waals surface area contributed by atoms with Crippen LogP contribution in [0.4, 0.5) is 0 Å². The molecule has 5 nitrogen and oxygen atoms in total. The van der Waals surface area contributed by atoms with E-state index in [2.05, 4.69) is 14.8 Å². The second-order valence-corrected chi connectivity index (χ2v) is 7.65. The molecule has 0 atom stereocenters. The Morgan fingerprint density at radius 2 is 1.85 bits per heavy atom. The van der Waals surface area contributed by atoms with Crippen molar-refractivity contribution < 1.29 is 9.53 Å². The Labute approximate surface area is 166 Å². The van der Waals surface area contributed by atoms with E-state index in [1.165, 1.54) is 11.8 Å². The van der Waals surface area contributed by atoms with Crippen molar-refractivity contribution in [3.63, 3.8) is 0 Å². The van der Waals surface area contributed by atoms with Gasteiger partial charge in [-0.3, -0.25) is 9.36 Å². The molecule has 0 bridgehead atoms. The van der Waals surface area contributed by atoms with Crippen LogP contribution in [-0.2, 0) is 6.61 Å². The fourth-order valence-corrected chi connectivity index (χ4v) is 3.85. The summed E-state index contributed by atoms with van der Waals surface area (Å²) < 4.78 is 7.92. The van der Waals surface area contributed by atoms with Crippen LogP contribution in [0.2, 0.25) is 5.02 Å². The van der Waals surface area contributed by atoms with Crippen LogP contribution < -0.4 is 4.74 Å². The number of aromatic nitrogens is 3. The third kappa shape index (κ3) is 4.34. The van der Waals surface area contributed by atoms with Crippen molar-refractivity contribution in [2.24, 2.45) is 0 Å². The lowest BCUT2D eigenvalue weighted by molar-refractivity contribution is 0.102. The molecule has 1 heterocycles. The van der Waals surface area contributed by atoms with Gasteiger partial charge in [0.05, 0.1) is 10.8 Å². The Morgan fingerprint density at radius 1 is 1.11 bits per heavy atom. The predicted molar refractivity (Wildman–Crippen MR) is 106 cm³/mol. The number of halogens is 1. The third-order valence-electron chi connectivity index (χ3n) is 4.27. The summed E-state index contributed by atoms with van der Waals surface area (Å²) in [5, 5.41) is 9.91. The van der Waals surface area contributed by atoms with E-state index in [-0.39, 0.29) is 5.78 Å². The molecule has 1 fully saturated rings. The zero-order valence-corrected chi connectivity index (χ0v) is 16.1. The number of ether oxygens (including phenoxy) is 1. The van der Waals surface area contributed by atoms with Crippen molar-refractivity contribution in [1.82, 2.24) is 14.8 Å². The van der Waals surface area contributed by atoms with Gasteiger partial charge in [-0.2, -0.15) is 0 Å². The molecule has 1 aliphatic rings. The highest BCUT2D eigenvalue weighted by Crippen LogP contribution is 2.39. The maximum Gasteiger partial charge on any atom is 0.192 e. The zero-order chi connectivity index (χ0) is 18.6. The Kier molecular flexibility index (Phi) is 5.45. The minimum atomic E-state index is 0.0832. The van der Waals surface area contributed by atoms with Crippen molar-refractivity contribution in [2.75, 3.05) is 5.75 Å².